The Morgan fingerprint density at radius 1 is 1.33 bits per heavy atom. The van der Waals surface area contributed by atoms with Gasteiger partial charge in [-0.1, -0.05) is 25.1 Å². The molecular formula is C15H22FNO. The fourth-order valence-electron chi connectivity index (χ4n) is 2.64. The standard InChI is InChI=1S/C15H22FNO/c1-2-17-15(11-12-7-9-18-10-8-12)13-5-3-4-6-14(13)16/h3-6,12,15,17H,2,7-11H2,1H3. The number of ether oxygens (including phenoxy) is 1. The lowest BCUT2D eigenvalue weighted by atomic mass is 9.89. The number of benzene rings is 1. The third kappa shape index (κ3) is 3.53. The number of hydrogen-bond donors (Lipinski definition) is 1. The molecule has 1 aromatic carbocycles. The van der Waals surface area contributed by atoms with Crippen LogP contribution in [0.3, 0.4) is 0 Å². The molecule has 1 heterocycles. The maximum absolute atomic E-state index is 13.9. The largest absolute Gasteiger partial charge is 0.381 e. The van der Waals surface area contributed by atoms with Crippen molar-refractivity contribution in [1.82, 2.24) is 5.32 Å². The molecule has 1 fully saturated rings. The van der Waals surface area contributed by atoms with Crippen LogP contribution < -0.4 is 5.32 Å². The third-order valence-corrected chi connectivity index (χ3v) is 3.64. The minimum atomic E-state index is -0.101. The zero-order chi connectivity index (χ0) is 12.8. The Morgan fingerprint density at radius 3 is 2.72 bits per heavy atom. The first-order valence-electron chi connectivity index (χ1n) is 6.86. The van der Waals surface area contributed by atoms with Gasteiger partial charge in [0.15, 0.2) is 0 Å². The SMILES string of the molecule is CCNC(CC1CCOCC1)c1ccccc1F. The molecular weight excluding hydrogens is 229 g/mol. The average molecular weight is 251 g/mol. The summed E-state index contributed by atoms with van der Waals surface area (Å²) in [6.45, 7) is 4.63. The molecule has 0 aliphatic carbocycles. The second-order valence-corrected chi connectivity index (χ2v) is 4.92. The molecule has 1 N–H and O–H groups in total. The Morgan fingerprint density at radius 2 is 2.06 bits per heavy atom. The normalized spacial score (nSPS) is 18.8. The van der Waals surface area contributed by atoms with Gasteiger partial charge in [-0.3, -0.25) is 0 Å². The van der Waals surface area contributed by atoms with Crippen LogP contribution in [0.25, 0.3) is 0 Å². The molecule has 1 saturated heterocycles. The first-order valence-corrected chi connectivity index (χ1v) is 6.86. The van der Waals surface area contributed by atoms with Crippen molar-refractivity contribution < 1.29 is 9.13 Å². The van der Waals surface area contributed by atoms with Crippen molar-refractivity contribution in [3.05, 3.63) is 35.6 Å². The minimum absolute atomic E-state index is 0.101. The third-order valence-electron chi connectivity index (χ3n) is 3.64. The van der Waals surface area contributed by atoms with Crippen molar-refractivity contribution in [1.29, 1.82) is 0 Å². The number of nitrogens with one attached hydrogen (secondary N) is 1. The zero-order valence-electron chi connectivity index (χ0n) is 11.0. The van der Waals surface area contributed by atoms with Gasteiger partial charge in [-0.25, -0.2) is 4.39 Å². The molecule has 0 bridgehead atoms. The molecule has 2 rings (SSSR count). The summed E-state index contributed by atoms with van der Waals surface area (Å²) in [5.41, 5.74) is 0.797. The molecule has 100 valence electrons. The highest BCUT2D eigenvalue weighted by Crippen LogP contribution is 2.28. The Balaban J connectivity index is 2.05. The van der Waals surface area contributed by atoms with E-state index in [9.17, 15) is 4.39 Å². The van der Waals surface area contributed by atoms with E-state index in [0.717, 1.165) is 44.6 Å². The van der Waals surface area contributed by atoms with E-state index in [2.05, 4.69) is 12.2 Å². The topological polar surface area (TPSA) is 21.3 Å². The summed E-state index contributed by atoms with van der Waals surface area (Å²) >= 11 is 0. The van der Waals surface area contributed by atoms with E-state index < -0.39 is 0 Å². The Labute approximate surface area is 109 Å². The lowest BCUT2D eigenvalue weighted by molar-refractivity contribution is 0.0604. The lowest BCUT2D eigenvalue weighted by Crippen LogP contribution is -2.26. The van der Waals surface area contributed by atoms with Gasteiger partial charge in [0.1, 0.15) is 5.82 Å². The molecule has 0 spiro atoms. The van der Waals surface area contributed by atoms with Gasteiger partial charge in [0.2, 0.25) is 0 Å². The van der Waals surface area contributed by atoms with Crippen molar-refractivity contribution in [3.63, 3.8) is 0 Å². The Bertz CT molecular complexity index is 363. The van der Waals surface area contributed by atoms with Gasteiger partial charge in [0, 0.05) is 24.8 Å². The van der Waals surface area contributed by atoms with E-state index in [1.54, 1.807) is 12.1 Å². The van der Waals surface area contributed by atoms with E-state index in [4.69, 9.17) is 4.74 Å². The second kappa shape index (κ2) is 6.86. The molecule has 1 aliphatic heterocycles. The van der Waals surface area contributed by atoms with Crippen molar-refractivity contribution in [3.8, 4) is 0 Å². The van der Waals surface area contributed by atoms with Crippen LogP contribution in [-0.4, -0.2) is 19.8 Å². The quantitative estimate of drug-likeness (QED) is 0.867. The highest BCUT2D eigenvalue weighted by atomic mass is 19.1. The van der Waals surface area contributed by atoms with E-state index >= 15 is 0 Å². The van der Waals surface area contributed by atoms with Crippen molar-refractivity contribution in [2.24, 2.45) is 5.92 Å². The van der Waals surface area contributed by atoms with Gasteiger partial charge < -0.3 is 10.1 Å². The van der Waals surface area contributed by atoms with Crippen LogP contribution in [0.4, 0.5) is 4.39 Å². The van der Waals surface area contributed by atoms with Crippen LogP contribution in [0.1, 0.15) is 37.8 Å². The summed E-state index contributed by atoms with van der Waals surface area (Å²) < 4.78 is 19.2. The molecule has 0 amide bonds. The first-order chi connectivity index (χ1) is 8.81. The van der Waals surface area contributed by atoms with Crippen LogP contribution in [-0.2, 0) is 4.74 Å². The molecule has 18 heavy (non-hydrogen) atoms. The Kier molecular flexibility index (Phi) is 5.14. The predicted molar refractivity (Wildman–Crippen MR) is 71.0 cm³/mol. The lowest BCUT2D eigenvalue weighted by Gasteiger charge is -2.27. The second-order valence-electron chi connectivity index (χ2n) is 4.92. The van der Waals surface area contributed by atoms with Crippen LogP contribution in [0.5, 0.6) is 0 Å². The first kappa shape index (κ1) is 13.5. The molecule has 1 aromatic rings. The van der Waals surface area contributed by atoms with Crippen LogP contribution in [0, 0.1) is 11.7 Å². The summed E-state index contributed by atoms with van der Waals surface area (Å²) in [5.74, 6) is 0.540. The van der Waals surface area contributed by atoms with Gasteiger partial charge in [0.05, 0.1) is 0 Å². The maximum Gasteiger partial charge on any atom is 0.127 e. The fraction of sp³-hybridized carbons (Fsp3) is 0.600. The summed E-state index contributed by atoms with van der Waals surface area (Å²) in [6.07, 6.45) is 3.19. The average Bonchev–Trinajstić information content (AvgIpc) is 2.40. The van der Waals surface area contributed by atoms with Crippen molar-refractivity contribution in [2.75, 3.05) is 19.8 Å². The van der Waals surface area contributed by atoms with Crippen LogP contribution in [0.15, 0.2) is 24.3 Å². The molecule has 1 aliphatic rings. The smallest absolute Gasteiger partial charge is 0.127 e. The minimum Gasteiger partial charge on any atom is -0.381 e. The summed E-state index contributed by atoms with van der Waals surface area (Å²) in [4.78, 5) is 0. The zero-order valence-corrected chi connectivity index (χ0v) is 11.0. The highest BCUT2D eigenvalue weighted by molar-refractivity contribution is 5.21. The molecule has 1 unspecified atom stereocenters. The molecule has 2 nitrogen and oxygen atoms in total. The van der Waals surface area contributed by atoms with E-state index in [1.165, 1.54) is 0 Å². The highest BCUT2D eigenvalue weighted by Gasteiger charge is 2.21. The van der Waals surface area contributed by atoms with Crippen LogP contribution >= 0.6 is 0 Å². The fourth-order valence-corrected chi connectivity index (χ4v) is 2.64. The summed E-state index contributed by atoms with van der Waals surface area (Å²) in [6, 6.07) is 7.22. The number of halogens is 1. The summed E-state index contributed by atoms with van der Waals surface area (Å²) in [7, 11) is 0. The Hall–Kier alpha value is -0.930. The van der Waals surface area contributed by atoms with Gasteiger partial charge in [-0.05, 0) is 37.8 Å². The molecule has 3 heteroatoms. The number of rotatable bonds is 5. The van der Waals surface area contributed by atoms with Crippen molar-refractivity contribution in [2.45, 2.75) is 32.2 Å². The molecule has 0 radical (unpaired) electrons. The molecule has 0 saturated carbocycles. The predicted octanol–water partition coefficient (Wildman–Crippen LogP) is 3.29. The molecule has 1 atom stereocenters. The monoisotopic (exact) mass is 251 g/mol. The summed E-state index contributed by atoms with van der Waals surface area (Å²) in [5, 5.41) is 3.41. The van der Waals surface area contributed by atoms with Gasteiger partial charge in [0.25, 0.3) is 0 Å². The van der Waals surface area contributed by atoms with E-state index in [1.807, 2.05) is 12.1 Å². The maximum atomic E-state index is 13.9. The number of hydrogen-bond acceptors (Lipinski definition) is 2. The van der Waals surface area contributed by atoms with E-state index in [0.29, 0.717) is 5.92 Å². The molecule has 0 aromatic heterocycles. The van der Waals surface area contributed by atoms with Gasteiger partial charge in [-0.15, -0.1) is 0 Å². The van der Waals surface area contributed by atoms with Crippen LogP contribution in [0.2, 0.25) is 0 Å². The van der Waals surface area contributed by atoms with Gasteiger partial charge in [-0.2, -0.15) is 0 Å². The van der Waals surface area contributed by atoms with Gasteiger partial charge >= 0.3 is 0 Å². The van der Waals surface area contributed by atoms with Crippen molar-refractivity contribution >= 4 is 0 Å². The van der Waals surface area contributed by atoms with E-state index in [-0.39, 0.29) is 11.9 Å².